The Morgan fingerprint density at radius 2 is 1.35 bits per heavy atom. The number of carbonyl (C=O) groups is 2. The van der Waals surface area contributed by atoms with Crippen LogP contribution in [0.1, 0.15) is 38.2 Å². The molecular formula is C27H28N4O3. The lowest BCUT2D eigenvalue weighted by Crippen LogP contribution is -2.50. The van der Waals surface area contributed by atoms with Crippen molar-refractivity contribution in [1.82, 2.24) is 16.1 Å². The highest BCUT2D eigenvalue weighted by molar-refractivity contribution is 5.97. The van der Waals surface area contributed by atoms with E-state index in [0.717, 1.165) is 24.2 Å². The summed E-state index contributed by atoms with van der Waals surface area (Å²) < 4.78 is 0. The quantitative estimate of drug-likeness (QED) is 0.203. The Morgan fingerprint density at radius 1 is 0.853 bits per heavy atom. The summed E-state index contributed by atoms with van der Waals surface area (Å²) in [4.78, 5) is 23.7. The number of rotatable bonds is 8. The maximum Gasteiger partial charge on any atom is 0.267 e. The number of aryl methyl sites for hydroxylation is 1. The Kier molecular flexibility index (Phi) is 8.95. The van der Waals surface area contributed by atoms with Crippen molar-refractivity contribution < 1.29 is 14.8 Å². The highest BCUT2D eigenvalue weighted by Gasteiger charge is 2.19. The Morgan fingerprint density at radius 3 is 1.85 bits per heavy atom. The number of hydrogen-bond acceptors (Lipinski definition) is 5. The lowest BCUT2D eigenvalue weighted by Gasteiger charge is -2.14. The van der Waals surface area contributed by atoms with Gasteiger partial charge in [0.15, 0.2) is 0 Å². The van der Waals surface area contributed by atoms with Gasteiger partial charge in [0.25, 0.3) is 11.8 Å². The maximum atomic E-state index is 12.3. The number of benzene rings is 3. The van der Waals surface area contributed by atoms with Gasteiger partial charge in [-0.25, -0.2) is 5.48 Å². The first-order chi connectivity index (χ1) is 16.5. The van der Waals surface area contributed by atoms with Crippen molar-refractivity contribution >= 4 is 11.8 Å². The van der Waals surface area contributed by atoms with Crippen molar-refractivity contribution in [1.29, 1.82) is 0 Å². The summed E-state index contributed by atoms with van der Waals surface area (Å²) in [5.41, 5.74) is 12.6. The Hall–Kier alpha value is -3.96. The minimum Gasteiger partial charge on any atom is -0.339 e. The maximum absolute atomic E-state index is 12.3. The summed E-state index contributed by atoms with van der Waals surface area (Å²) in [5.74, 6) is 4.96. The van der Waals surface area contributed by atoms with E-state index in [1.807, 2.05) is 12.1 Å². The number of nitrogens with one attached hydrogen (secondary N) is 3. The van der Waals surface area contributed by atoms with Gasteiger partial charge in [-0.05, 0) is 54.4 Å². The van der Waals surface area contributed by atoms with Crippen LogP contribution in [-0.4, -0.2) is 29.6 Å². The molecule has 0 radical (unpaired) electrons. The second-order valence-corrected chi connectivity index (χ2v) is 7.85. The zero-order valence-electron chi connectivity index (χ0n) is 19.0. The van der Waals surface area contributed by atoms with E-state index in [9.17, 15) is 9.59 Å². The molecule has 0 saturated carbocycles. The first kappa shape index (κ1) is 24.7. The molecular weight excluding hydrogens is 428 g/mol. The normalized spacial score (nSPS) is 11.1. The third kappa shape index (κ3) is 7.29. The molecule has 0 heterocycles. The largest absolute Gasteiger partial charge is 0.339 e. The molecule has 34 heavy (non-hydrogen) atoms. The molecule has 0 saturated heterocycles. The molecule has 0 spiro atoms. The highest BCUT2D eigenvalue weighted by atomic mass is 16.5. The molecule has 7 heteroatoms. The smallest absolute Gasteiger partial charge is 0.267 e. The molecule has 3 rings (SSSR count). The van der Waals surface area contributed by atoms with Crippen LogP contribution in [-0.2, 0) is 17.9 Å². The van der Waals surface area contributed by atoms with Crippen molar-refractivity contribution in [3.63, 3.8) is 0 Å². The van der Waals surface area contributed by atoms with E-state index in [0.29, 0.717) is 5.56 Å². The Labute approximate surface area is 199 Å². The van der Waals surface area contributed by atoms with Crippen LogP contribution in [0.2, 0.25) is 0 Å². The van der Waals surface area contributed by atoms with Crippen LogP contribution in [0.5, 0.6) is 0 Å². The molecule has 1 atom stereocenters. The number of amides is 2. The van der Waals surface area contributed by atoms with E-state index in [2.05, 4.69) is 65.8 Å². The zero-order valence-corrected chi connectivity index (χ0v) is 19.0. The van der Waals surface area contributed by atoms with Gasteiger partial charge in [-0.3, -0.25) is 14.8 Å². The van der Waals surface area contributed by atoms with Crippen LogP contribution in [0.3, 0.4) is 0 Å². The van der Waals surface area contributed by atoms with Crippen LogP contribution < -0.4 is 21.8 Å². The molecule has 2 amide bonds. The molecule has 0 bridgehead atoms. The molecule has 6 N–H and O–H groups in total. The van der Waals surface area contributed by atoms with Crippen molar-refractivity contribution in [3.8, 4) is 11.8 Å². The molecule has 0 unspecified atom stereocenters. The summed E-state index contributed by atoms with van der Waals surface area (Å²) in [6, 6.07) is 22.2. The molecule has 3 aromatic carbocycles. The standard InChI is InChI=1S/C27H28N4O3/c1-19-2-4-22(5-3-19)17-29-18-23-10-8-20(9-11-23)6-7-21-12-14-24(15-13-21)26(32)30-25(16-28)27(33)31-34/h2-5,8-15,25,29,34H,16-18,28H2,1H3,(H,30,32)(H,31,33)/t25-/m0/s1. The third-order valence-corrected chi connectivity index (χ3v) is 5.20. The van der Waals surface area contributed by atoms with Gasteiger partial charge >= 0.3 is 0 Å². The predicted octanol–water partition coefficient (Wildman–Crippen LogP) is 2.25. The van der Waals surface area contributed by atoms with Crippen molar-refractivity contribution in [2.75, 3.05) is 6.54 Å². The topological polar surface area (TPSA) is 116 Å². The van der Waals surface area contributed by atoms with Crippen LogP contribution in [0, 0.1) is 18.8 Å². The van der Waals surface area contributed by atoms with E-state index in [-0.39, 0.29) is 6.54 Å². The van der Waals surface area contributed by atoms with Gasteiger partial charge in [0.1, 0.15) is 6.04 Å². The summed E-state index contributed by atoms with van der Waals surface area (Å²) in [5, 5.41) is 14.6. The molecule has 0 aliphatic carbocycles. The zero-order chi connectivity index (χ0) is 24.3. The molecule has 0 fully saturated rings. The van der Waals surface area contributed by atoms with Gasteiger partial charge in [-0.15, -0.1) is 0 Å². The molecule has 7 nitrogen and oxygen atoms in total. The van der Waals surface area contributed by atoms with Crippen LogP contribution in [0.15, 0.2) is 72.8 Å². The molecule has 3 aromatic rings. The van der Waals surface area contributed by atoms with Gasteiger partial charge in [0.2, 0.25) is 0 Å². The summed E-state index contributed by atoms with van der Waals surface area (Å²) in [6.07, 6.45) is 0. The van der Waals surface area contributed by atoms with Gasteiger partial charge < -0.3 is 16.4 Å². The van der Waals surface area contributed by atoms with E-state index < -0.39 is 17.9 Å². The fourth-order valence-corrected chi connectivity index (χ4v) is 3.16. The fraction of sp³-hybridized carbons (Fsp3) is 0.185. The number of hydrogen-bond donors (Lipinski definition) is 5. The first-order valence-corrected chi connectivity index (χ1v) is 10.9. The van der Waals surface area contributed by atoms with E-state index >= 15 is 0 Å². The number of nitrogens with two attached hydrogens (primary N) is 1. The van der Waals surface area contributed by atoms with Crippen LogP contribution in [0.4, 0.5) is 0 Å². The minimum absolute atomic E-state index is 0.136. The molecule has 174 valence electrons. The minimum atomic E-state index is -1.02. The van der Waals surface area contributed by atoms with Crippen LogP contribution in [0.25, 0.3) is 0 Å². The molecule has 0 aliphatic heterocycles. The lowest BCUT2D eigenvalue weighted by atomic mass is 10.1. The van der Waals surface area contributed by atoms with Crippen LogP contribution >= 0.6 is 0 Å². The van der Waals surface area contributed by atoms with E-state index in [4.69, 9.17) is 10.9 Å². The van der Waals surface area contributed by atoms with E-state index in [1.165, 1.54) is 22.2 Å². The number of carbonyl (C=O) groups excluding carboxylic acids is 2. The second-order valence-electron chi connectivity index (χ2n) is 7.85. The van der Waals surface area contributed by atoms with Crippen molar-refractivity contribution in [3.05, 3.63) is 106 Å². The fourth-order valence-electron chi connectivity index (χ4n) is 3.16. The first-order valence-electron chi connectivity index (χ1n) is 10.9. The van der Waals surface area contributed by atoms with Gasteiger partial charge in [0, 0.05) is 36.3 Å². The number of hydroxylamine groups is 1. The summed E-state index contributed by atoms with van der Waals surface area (Å²) in [7, 11) is 0. The van der Waals surface area contributed by atoms with Crippen molar-refractivity contribution in [2.24, 2.45) is 5.73 Å². The molecule has 0 aromatic heterocycles. The SMILES string of the molecule is Cc1ccc(CNCc2ccc(C#Cc3ccc(C(=O)N[C@@H](CN)C(=O)NO)cc3)cc2)cc1. The monoisotopic (exact) mass is 456 g/mol. The Balaban J connectivity index is 1.52. The average Bonchev–Trinajstić information content (AvgIpc) is 2.87. The average molecular weight is 457 g/mol. The second kappa shape index (κ2) is 12.3. The predicted molar refractivity (Wildman–Crippen MR) is 131 cm³/mol. The van der Waals surface area contributed by atoms with Gasteiger partial charge in [-0.1, -0.05) is 53.8 Å². The van der Waals surface area contributed by atoms with Gasteiger partial charge in [0.05, 0.1) is 0 Å². The highest BCUT2D eigenvalue weighted by Crippen LogP contribution is 2.07. The summed E-state index contributed by atoms with van der Waals surface area (Å²) in [6.45, 7) is 3.54. The Bertz CT molecular complexity index is 1160. The van der Waals surface area contributed by atoms with Crippen molar-refractivity contribution in [2.45, 2.75) is 26.1 Å². The molecule has 0 aliphatic rings. The third-order valence-electron chi connectivity index (χ3n) is 5.20. The summed E-state index contributed by atoms with van der Waals surface area (Å²) >= 11 is 0. The van der Waals surface area contributed by atoms with E-state index in [1.54, 1.807) is 24.3 Å². The van der Waals surface area contributed by atoms with Gasteiger partial charge in [-0.2, -0.15) is 0 Å². The lowest BCUT2D eigenvalue weighted by molar-refractivity contribution is -0.130.